The summed E-state index contributed by atoms with van der Waals surface area (Å²) in [7, 11) is -3.39. The summed E-state index contributed by atoms with van der Waals surface area (Å²) in [4.78, 5) is 0. The van der Waals surface area contributed by atoms with Gasteiger partial charge in [0.2, 0.25) is 10.0 Å². The minimum atomic E-state index is -3.39. The molecule has 1 aliphatic heterocycles. The van der Waals surface area contributed by atoms with Crippen LogP contribution in [0.2, 0.25) is 0 Å². The van der Waals surface area contributed by atoms with Crippen LogP contribution in [0, 0.1) is 0 Å². The maximum Gasteiger partial charge on any atom is 0.233 e. The fraction of sp³-hybridized carbons (Fsp3) is 0.455. The molecule has 0 saturated carbocycles. The molecular formula is C11H16N2O4S. The molecule has 100 valence electrons. The van der Waals surface area contributed by atoms with E-state index in [1.54, 1.807) is 18.2 Å². The number of rotatable bonds is 4. The molecule has 0 spiro atoms. The van der Waals surface area contributed by atoms with E-state index in [-0.39, 0.29) is 12.3 Å². The Morgan fingerprint density at radius 3 is 2.67 bits per heavy atom. The van der Waals surface area contributed by atoms with Crippen LogP contribution in [0.25, 0.3) is 0 Å². The highest BCUT2D eigenvalue weighted by atomic mass is 32.2. The third kappa shape index (κ3) is 3.27. The van der Waals surface area contributed by atoms with Crippen LogP contribution in [0.4, 0.5) is 5.69 Å². The van der Waals surface area contributed by atoms with Crippen LogP contribution in [0.1, 0.15) is 6.42 Å². The third-order valence-corrected chi connectivity index (χ3v) is 3.73. The van der Waals surface area contributed by atoms with Crippen molar-refractivity contribution in [1.82, 2.24) is 0 Å². The van der Waals surface area contributed by atoms with E-state index >= 15 is 0 Å². The van der Waals surface area contributed by atoms with Crippen molar-refractivity contribution in [2.75, 3.05) is 30.2 Å². The van der Waals surface area contributed by atoms with Crippen molar-refractivity contribution in [3.8, 4) is 11.5 Å². The number of hydrogen-bond donors (Lipinski definition) is 2. The quantitative estimate of drug-likeness (QED) is 0.835. The first kappa shape index (κ1) is 13.0. The van der Waals surface area contributed by atoms with Crippen molar-refractivity contribution in [1.29, 1.82) is 0 Å². The van der Waals surface area contributed by atoms with E-state index < -0.39 is 10.0 Å². The monoisotopic (exact) mass is 272 g/mol. The number of hydrogen-bond acceptors (Lipinski definition) is 5. The molecule has 0 aliphatic carbocycles. The lowest BCUT2D eigenvalue weighted by Gasteiger charge is -2.11. The van der Waals surface area contributed by atoms with Gasteiger partial charge < -0.3 is 15.2 Å². The fourth-order valence-electron chi connectivity index (χ4n) is 1.61. The smallest absolute Gasteiger partial charge is 0.233 e. The van der Waals surface area contributed by atoms with E-state index in [2.05, 4.69) is 4.72 Å². The highest BCUT2D eigenvalue weighted by Gasteiger charge is 2.13. The van der Waals surface area contributed by atoms with Gasteiger partial charge in [0, 0.05) is 19.0 Å². The SMILES string of the molecule is NCCS(=O)(=O)Nc1ccc2c(c1)OCCCO2. The molecule has 1 aromatic rings. The van der Waals surface area contributed by atoms with Gasteiger partial charge in [0.15, 0.2) is 11.5 Å². The summed E-state index contributed by atoms with van der Waals surface area (Å²) in [5.41, 5.74) is 5.69. The second-order valence-corrected chi connectivity index (χ2v) is 5.76. The van der Waals surface area contributed by atoms with E-state index in [4.69, 9.17) is 15.2 Å². The molecule has 1 aromatic carbocycles. The first-order valence-electron chi connectivity index (χ1n) is 5.71. The van der Waals surface area contributed by atoms with Gasteiger partial charge in [-0.2, -0.15) is 0 Å². The zero-order valence-corrected chi connectivity index (χ0v) is 10.7. The Hall–Kier alpha value is -1.47. The van der Waals surface area contributed by atoms with Gasteiger partial charge in [-0.05, 0) is 12.1 Å². The van der Waals surface area contributed by atoms with Crippen molar-refractivity contribution < 1.29 is 17.9 Å². The lowest BCUT2D eigenvalue weighted by molar-refractivity contribution is 0.297. The predicted molar refractivity (Wildman–Crippen MR) is 68.5 cm³/mol. The second-order valence-electron chi connectivity index (χ2n) is 3.92. The Labute approximate surface area is 106 Å². The Kier molecular flexibility index (Phi) is 3.93. The Morgan fingerprint density at radius 1 is 1.22 bits per heavy atom. The van der Waals surface area contributed by atoms with Crippen molar-refractivity contribution in [3.63, 3.8) is 0 Å². The van der Waals surface area contributed by atoms with Gasteiger partial charge in [0.25, 0.3) is 0 Å². The summed E-state index contributed by atoms with van der Waals surface area (Å²) >= 11 is 0. The van der Waals surface area contributed by atoms with Crippen molar-refractivity contribution >= 4 is 15.7 Å². The number of benzene rings is 1. The summed E-state index contributed by atoms with van der Waals surface area (Å²) < 4.78 is 36.5. The highest BCUT2D eigenvalue weighted by Crippen LogP contribution is 2.32. The molecule has 1 aliphatic rings. The summed E-state index contributed by atoms with van der Waals surface area (Å²) in [5.74, 6) is 1.08. The number of sulfonamides is 1. The number of nitrogens with two attached hydrogens (primary N) is 1. The number of ether oxygens (including phenoxy) is 2. The van der Waals surface area contributed by atoms with Gasteiger partial charge >= 0.3 is 0 Å². The summed E-state index contributed by atoms with van der Waals surface area (Å²) in [6, 6.07) is 4.96. The van der Waals surface area contributed by atoms with Crippen LogP contribution in [-0.4, -0.2) is 33.9 Å². The van der Waals surface area contributed by atoms with Crippen LogP contribution < -0.4 is 19.9 Å². The van der Waals surface area contributed by atoms with Crippen LogP contribution in [0.5, 0.6) is 11.5 Å². The first-order valence-corrected chi connectivity index (χ1v) is 7.36. The van der Waals surface area contributed by atoms with Crippen LogP contribution >= 0.6 is 0 Å². The van der Waals surface area contributed by atoms with E-state index in [1.165, 1.54) is 0 Å². The molecule has 0 radical (unpaired) electrons. The van der Waals surface area contributed by atoms with Crippen LogP contribution in [0.3, 0.4) is 0 Å². The molecular weight excluding hydrogens is 256 g/mol. The molecule has 0 unspecified atom stereocenters. The van der Waals surface area contributed by atoms with Crippen LogP contribution in [0.15, 0.2) is 18.2 Å². The topological polar surface area (TPSA) is 90.7 Å². The Bertz CT molecular complexity index is 516. The molecule has 0 fully saturated rings. The standard InChI is InChI=1S/C11H16N2O4S/c12-4-7-18(14,15)13-9-2-3-10-11(8-9)17-6-1-5-16-10/h2-3,8,13H,1,4-7,12H2. The molecule has 0 bridgehead atoms. The van der Waals surface area contributed by atoms with Crippen molar-refractivity contribution in [3.05, 3.63) is 18.2 Å². The largest absolute Gasteiger partial charge is 0.490 e. The van der Waals surface area contributed by atoms with Gasteiger partial charge in [-0.25, -0.2) is 8.42 Å². The zero-order chi connectivity index (χ0) is 13.0. The van der Waals surface area contributed by atoms with Gasteiger partial charge in [-0.1, -0.05) is 0 Å². The lowest BCUT2D eigenvalue weighted by atomic mass is 10.3. The third-order valence-electron chi connectivity index (χ3n) is 2.41. The normalized spacial score (nSPS) is 14.9. The molecule has 1 heterocycles. The minimum absolute atomic E-state index is 0.0832. The molecule has 0 atom stereocenters. The maximum atomic E-state index is 11.6. The fourth-order valence-corrected chi connectivity index (χ4v) is 2.51. The predicted octanol–water partition coefficient (Wildman–Crippen LogP) is 0.548. The first-order chi connectivity index (χ1) is 8.61. The second kappa shape index (κ2) is 5.45. The summed E-state index contributed by atoms with van der Waals surface area (Å²) in [6.07, 6.45) is 0.808. The number of nitrogens with one attached hydrogen (secondary N) is 1. The molecule has 0 saturated heterocycles. The Balaban J connectivity index is 2.18. The molecule has 7 heteroatoms. The number of fused-ring (bicyclic) bond motifs is 1. The molecule has 0 aromatic heterocycles. The average Bonchev–Trinajstić information content (AvgIpc) is 2.52. The van der Waals surface area contributed by atoms with Gasteiger partial charge in [-0.15, -0.1) is 0 Å². The van der Waals surface area contributed by atoms with Crippen molar-refractivity contribution in [2.24, 2.45) is 5.73 Å². The lowest BCUT2D eigenvalue weighted by Crippen LogP contribution is -2.22. The minimum Gasteiger partial charge on any atom is -0.490 e. The zero-order valence-electron chi connectivity index (χ0n) is 9.89. The Morgan fingerprint density at radius 2 is 1.94 bits per heavy atom. The van der Waals surface area contributed by atoms with Gasteiger partial charge in [0.1, 0.15) is 0 Å². The average molecular weight is 272 g/mol. The van der Waals surface area contributed by atoms with E-state index in [1.807, 2.05) is 0 Å². The van der Waals surface area contributed by atoms with Gasteiger partial charge in [-0.3, -0.25) is 4.72 Å². The molecule has 3 N–H and O–H groups in total. The molecule has 2 rings (SSSR count). The highest BCUT2D eigenvalue weighted by molar-refractivity contribution is 7.92. The molecule has 0 amide bonds. The maximum absolute atomic E-state index is 11.6. The van der Waals surface area contributed by atoms with Gasteiger partial charge in [0.05, 0.1) is 24.7 Å². The van der Waals surface area contributed by atoms with E-state index in [0.717, 1.165) is 6.42 Å². The summed E-state index contributed by atoms with van der Waals surface area (Å²) in [5, 5.41) is 0. The number of anilines is 1. The molecule has 18 heavy (non-hydrogen) atoms. The van der Waals surface area contributed by atoms with Crippen molar-refractivity contribution in [2.45, 2.75) is 6.42 Å². The summed E-state index contributed by atoms with van der Waals surface area (Å²) in [6.45, 7) is 1.25. The van der Waals surface area contributed by atoms with E-state index in [0.29, 0.717) is 30.4 Å². The molecule has 6 nitrogen and oxygen atoms in total. The van der Waals surface area contributed by atoms with E-state index in [9.17, 15) is 8.42 Å². The van der Waals surface area contributed by atoms with Crippen LogP contribution in [-0.2, 0) is 10.0 Å².